The van der Waals surface area contributed by atoms with Crippen molar-refractivity contribution in [2.24, 2.45) is 5.92 Å². The summed E-state index contributed by atoms with van der Waals surface area (Å²) >= 11 is 0. The second-order valence-corrected chi connectivity index (χ2v) is 7.59. The van der Waals surface area contributed by atoms with E-state index in [1.807, 2.05) is 0 Å². The maximum absolute atomic E-state index is 13.3. The minimum Gasteiger partial charge on any atom is -0.207 e. The first kappa shape index (κ1) is 15.9. The van der Waals surface area contributed by atoms with E-state index in [-0.39, 0.29) is 10.5 Å². The fourth-order valence-electron chi connectivity index (χ4n) is 2.76. The minimum absolute atomic E-state index is 0.0289. The molecule has 114 valence electrons. The zero-order valence-corrected chi connectivity index (χ0v) is 12.9. The third-order valence-electron chi connectivity index (χ3n) is 4.01. The van der Waals surface area contributed by atoms with Crippen LogP contribution in [-0.4, -0.2) is 26.3 Å². The Morgan fingerprint density at radius 1 is 1.33 bits per heavy atom. The maximum atomic E-state index is 13.3. The quantitative estimate of drug-likeness (QED) is 0.859. The summed E-state index contributed by atoms with van der Waals surface area (Å²) in [6, 6.07) is 5.01. The average molecular weight is 310 g/mol. The summed E-state index contributed by atoms with van der Waals surface area (Å²) in [5.41, 5.74) is -0.248. The summed E-state index contributed by atoms with van der Waals surface area (Å²) in [5.74, 6) is -0.319. The van der Waals surface area contributed by atoms with Crippen LogP contribution in [0.15, 0.2) is 23.1 Å². The van der Waals surface area contributed by atoms with Crippen LogP contribution in [0.5, 0.6) is 0 Å². The summed E-state index contributed by atoms with van der Waals surface area (Å²) in [6.07, 6.45) is 5.61. The van der Waals surface area contributed by atoms with Crippen LogP contribution in [-0.2, 0) is 10.0 Å². The topological polar surface area (TPSA) is 61.2 Å². The molecule has 0 aromatic heterocycles. The van der Waals surface area contributed by atoms with Crippen molar-refractivity contribution in [3.63, 3.8) is 0 Å². The Kier molecular flexibility index (Phi) is 4.96. The van der Waals surface area contributed by atoms with Gasteiger partial charge in [-0.25, -0.2) is 17.1 Å². The number of nitrogens with zero attached hydrogens (tertiary/aromatic N) is 2. The van der Waals surface area contributed by atoms with Crippen molar-refractivity contribution >= 4 is 10.0 Å². The Labute approximate surface area is 125 Å². The molecule has 0 N–H and O–H groups in total. The van der Waals surface area contributed by atoms with Gasteiger partial charge in [-0.2, -0.15) is 5.26 Å². The summed E-state index contributed by atoms with van der Waals surface area (Å²) in [5, 5.41) is 8.81. The molecule has 1 aliphatic carbocycles. The summed E-state index contributed by atoms with van der Waals surface area (Å²) in [6.45, 7) is 0.474. The highest BCUT2D eigenvalue weighted by atomic mass is 32.2. The number of rotatable bonds is 4. The van der Waals surface area contributed by atoms with Crippen molar-refractivity contribution in [1.29, 1.82) is 5.26 Å². The molecule has 0 amide bonds. The lowest BCUT2D eigenvalue weighted by atomic mass is 9.89. The molecule has 0 atom stereocenters. The van der Waals surface area contributed by atoms with Crippen LogP contribution in [0.4, 0.5) is 4.39 Å². The molecular weight excluding hydrogens is 291 g/mol. The van der Waals surface area contributed by atoms with Crippen LogP contribution in [0.1, 0.15) is 37.7 Å². The molecular formula is C15H19FN2O2S. The number of halogens is 1. The Morgan fingerprint density at radius 2 is 2.00 bits per heavy atom. The van der Waals surface area contributed by atoms with E-state index in [1.54, 1.807) is 13.1 Å². The lowest BCUT2D eigenvalue weighted by molar-refractivity contribution is 0.300. The molecule has 21 heavy (non-hydrogen) atoms. The van der Waals surface area contributed by atoms with Gasteiger partial charge in [0.25, 0.3) is 0 Å². The van der Waals surface area contributed by atoms with E-state index in [1.165, 1.54) is 16.8 Å². The van der Waals surface area contributed by atoms with Crippen molar-refractivity contribution in [3.05, 3.63) is 29.6 Å². The number of hydrogen-bond donors (Lipinski definition) is 0. The van der Waals surface area contributed by atoms with Gasteiger partial charge in [-0.3, -0.25) is 0 Å². The fraction of sp³-hybridized carbons (Fsp3) is 0.533. The second kappa shape index (κ2) is 6.54. The molecule has 0 radical (unpaired) electrons. The minimum atomic E-state index is -3.67. The highest BCUT2D eigenvalue weighted by Gasteiger charge is 2.25. The summed E-state index contributed by atoms with van der Waals surface area (Å²) in [4.78, 5) is -0.0289. The molecule has 1 aromatic carbocycles. The molecule has 1 aliphatic rings. The molecule has 2 rings (SSSR count). The van der Waals surface area contributed by atoms with E-state index >= 15 is 0 Å². The second-order valence-electron chi connectivity index (χ2n) is 5.54. The monoisotopic (exact) mass is 310 g/mol. The van der Waals surface area contributed by atoms with E-state index < -0.39 is 15.8 Å². The van der Waals surface area contributed by atoms with Crippen LogP contribution in [0, 0.1) is 23.1 Å². The normalized spacial score (nSPS) is 16.9. The van der Waals surface area contributed by atoms with E-state index in [2.05, 4.69) is 0 Å². The highest BCUT2D eigenvalue weighted by molar-refractivity contribution is 7.89. The largest absolute Gasteiger partial charge is 0.242 e. The Hall–Kier alpha value is -1.45. The number of hydrogen-bond acceptors (Lipinski definition) is 3. The summed E-state index contributed by atoms with van der Waals surface area (Å²) < 4.78 is 39.6. The zero-order chi connectivity index (χ0) is 15.5. The van der Waals surface area contributed by atoms with Crippen molar-refractivity contribution in [1.82, 2.24) is 4.31 Å². The Balaban J connectivity index is 2.18. The van der Waals surface area contributed by atoms with Gasteiger partial charge in [-0.15, -0.1) is 0 Å². The molecule has 0 bridgehead atoms. The molecule has 0 saturated heterocycles. The van der Waals surface area contributed by atoms with Gasteiger partial charge in [0.15, 0.2) is 0 Å². The first-order valence-electron chi connectivity index (χ1n) is 7.11. The number of nitriles is 1. The smallest absolute Gasteiger partial charge is 0.207 e. The maximum Gasteiger partial charge on any atom is 0.242 e. The van der Waals surface area contributed by atoms with E-state index in [0.717, 1.165) is 37.8 Å². The standard InChI is InChI=1S/C15H19FN2O2S/c1-18(11-12-5-3-2-4-6-12)21(19,20)14-7-8-15(16)13(9-14)10-17/h7-9,12H,2-6,11H2,1H3. The van der Waals surface area contributed by atoms with E-state index in [9.17, 15) is 12.8 Å². The van der Waals surface area contributed by atoms with E-state index in [4.69, 9.17) is 5.26 Å². The molecule has 6 heteroatoms. The van der Waals surface area contributed by atoms with Crippen LogP contribution < -0.4 is 0 Å². The Bertz CT molecular complexity index is 646. The molecule has 0 aliphatic heterocycles. The van der Waals surface area contributed by atoms with Gasteiger partial charge < -0.3 is 0 Å². The molecule has 0 heterocycles. The van der Waals surface area contributed by atoms with Crippen molar-refractivity contribution in [3.8, 4) is 6.07 Å². The van der Waals surface area contributed by atoms with Gasteiger partial charge in [0.2, 0.25) is 10.0 Å². The van der Waals surface area contributed by atoms with Gasteiger partial charge in [0, 0.05) is 13.6 Å². The van der Waals surface area contributed by atoms with Gasteiger partial charge in [0.05, 0.1) is 10.5 Å². The van der Waals surface area contributed by atoms with Crippen molar-refractivity contribution in [2.75, 3.05) is 13.6 Å². The van der Waals surface area contributed by atoms with Gasteiger partial charge >= 0.3 is 0 Å². The molecule has 1 aromatic rings. The van der Waals surface area contributed by atoms with E-state index in [0.29, 0.717) is 12.5 Å². The SMILES string of the molecule is CN(CC1CCCCC1)S(=O)(=O)c1ccc(F)c(C#N)c1. The molecule has 1 fully saturated rings. The average Bonchev–Trinajstić information content (AvgIpc) is 2.48. The number of benzene rings is 1. The highest BCUT2D eigenvalue weighted by Crippen LogP contribution is 2.26. The zero-order valence-electron chi connectivity index (χ0n) is 12.0. The van der Waals surface area contributed by atoms with Crippen molar-refractivity contribution < 1.29 is 12.8 Å². The van der Waals surface area contributed by atoms with Crippen molar-refractivity contribution in [2.45, 2.75) is 37.0 Å². The Morgan fingerprint density at radius 3 is 2.62 bits per heavy atom. The lowest BCUT2D eigenvalue weighted by Crippen LogP contribution is -2.32. The van der Waals surface area contributed by atoms with Gasteiger partial charge in [-0.1, -0.05) is 19.3 Å². The molecule has 0 spiro atoms. The van der Waals surface area contributed by atoms with Crippen LogP contribution in [0.3, 0.4) is 0 Å². The van der Waals surface area contributed by atoms with Crippen LogP contribution >= 0.6 is 0 Å². The van der Waals surface area contributed by atoms with Gasteiger partial charge in [-0.05, 0) is 37.0 Å². The van der Waals surface area contributed by atoms with Crippen LogP contribution in [0.2, 0.25) is 0 Å². The summed E-state index contributed by atoms with van der Waals surface area (Å²) in [7, 11) is -2.13. The predicted octanol–water partition coefficient (Wildman–Crippen LogP) is 2.90. The molecule has 1 saturated carbocycles. The predicted molar refractivity (Wildman–Crippen MR) is 77.5 cm³/mol. The fourth-order valence-corrected chi connectivity index (χ4v) is 4.04. The third kappa shape index (κ3) is 3.60. The molecule has 4 nitrogen and oxygen atoms in total. The third-order valence-corrected chi connectivity index (χ3v) is 5.83. The van der Waals surface area contributed by atoms with Crippen LogP contribution in [0.25, 0.3) is 0 Å². The molecule has 0 unspecified atom stereocenters. The first-order valence-corrected chi connectivity index (χ1v) is 8.55. The first-order chi connectivity index (χ1) is 9.95. The number of sulfonamides is 1. The van der Waals surface area contributed by atoms with Gasteiger partial charge in [0.1, 0.15) is 11.9 Å². The lowest BCUT2D eigenvalue weighted by Gasteiger charge is -2.26.